The average Bonchev–Trinajstić information content (AvgIpc) is 2.96. The van der Waals surface area contributed by atoms with Crippen molar-refractivity contribution in [3.05, 3.63) is 35.4 Å². The SMILES string of the molecule is CC1(C)C[C@]2(CN3CCOCC3)CN(C(=O)c3cccc(C(F)(F)F)c3)C[C@H]12. The smallest absolute Gasteiger partial charge is 0.379 e. The predicted molar refractivity (Wildman–Crippen MR) is 98.9 cm³/mol. The van der Waals surface area contributed by atoms with Gasteiger partial charge in [0.1, 0.15) is 0 Å². The molecule has 0 bridgehead atoms. The van der Waals surface area contributed by atoms with Gasteiger partial charge in [0, 0.05) is 43.7 Å². The number of morpholine rings is 1. The second-order valence-corrected chi connectivity index (χ2v) is 9.23. The van der Waals surface area contributed by atoms with Gasteiger partial charge in [-0.2, -0.15) is 13.2 Å². The first-order valence-corrected chi connectivity index (χ1v) is 9.87. The summed E-state index contributed by atoms with van der Waals surface area (Å²) in [5.41, 5.74) is -0.466. The fourth-order valence-electron chi connectivity index (χ4n) is 5.71. The molecule has 1 amide bonds. The molecular formula is C21H27F3N2O2. The molecule has 1 aliphatic carbocycles. The molecule has 3 fully saturated rings. The largest absolute Gasteiger partial charge is 0.416 e. The van der Waals surface area contributed by atoms with Gasteiger partial charge in [-0.05, 0) is 36.0 Å². The lowest BCUT2D eigenvalue weighted by Crippen LogP contribution is -2.59. The van der Waals surface area contributed by atoms with Gasteiger partial charge in [0.05, 0.1) is 18.8 Å². The molecule has 0 spiro atoms. The van der Waals surface area contributed by atoms with Crippen molar-refractivity contribution < 1.29 is 22.7 Å². The molecule has 0 unspecified atom stereocenters. The number of ether oxygens (including phenoxy) is 1. The van der Waals surface area contributed by atoms with Crippen LogP contribution in [0.2, 0.25) is 0 Å². The lowest BCUT2D eigenvalue weighted by Gasteiger charge is -2.58. The van der Waals surface area contributed by atoms with E-state index in [1.807, 2.05) is 0 Å². The van der Waals surface area contributed by atoms with Gasteiger partial charge in [0.2, 0.25) is 0 Å². The number of likely N-dealkylation sites (tertiary alicyclic amines) is 1. The number of fused-ring (bicyclic) bond motifs is 1. The van der Waals surface area contributed by atoms with Crippen LogP contribution in [0.3, 0.4) is 0 Å². The lowest BCUT2D eigenvalue weighted by atomic mass is 9.48. The van der Waals surface area contributed by atoms with Crippen LogP contribution in [0.4, 0.5) is 13.2 Å². The highest BCUT2D eigenvalue weighted by molar-refractivity contribution is 5.94. The average molecular weight is 396 g/mol. The fraction of sp³-hybridized carbons (Fsp3) is 0.667. The van der Waals surface area contributed by atoms with Crippen LogP contribution in [0.1, 0.15) is 36.2 Å². The van der Waals surface area contributed by atoms with Crippen molar-refractivity contribution in [3.8, 4) is 0 Å². The molecule has 1 aromatic carbocycles. The van der Waals surface area contributed by atoms with Gasteiger partial charge in [-0.15, -0.1) is 0 Å². The quantitative estimate of drug-likeness (QED) is 0.784. The predicted octanol–water partition coefficient (Wildman–Crippen LogP) is 3.53. The Labute approximate surface area is 163 Å². The summed E-state index contributed by atoms with van der Waals surface area (Å²) in [6.07, 6.45) is -3.41. The molecule has 4 nitrogen and oxygen atoms in total. The third-order valence-corrected chi connectivity index (χ3v) is 6.77. The summed E-state index contributed by atoms with van der Waals surface area (Å²) in [7, 11) is 0. The zero-order valence-electron chi connectivity index (χ0n) is 16.4. The number of rotatable bonds is 3. The number of alkyl halides is 3. The monoisotopic (exact) mass is 396 g/mol. The van der Waals surface area contributed by atoms with Crippen LogP contribution in [-0.2, 0) is 10.9 Å². The summed E-state index contributed by atoms with van der Waals surface area (Å²) in [4.78, 5) is 17.2. The Balaban J connectivity index is 1.53. The normalized spacial score (nSPS) is 30.0. The molecule has 4 rings (SSSR count). The van der Waals surface area contributed by atoms with Crippen LogP contribution in [-0.4, -0.2) is 61.6 Å². The van der Waals surface area contributed by atoms with Gasteiger partial charge in [-0.25, -0.2) is 0 Å². The van der Waals surface area contributed by atoms with Crippen molar-refractivity contribution >= 4 is 5.91 Å². The Morgan fingerprint density at radius 3 is 2.61 bits per heavy atom. The Morgan fingerprint density at radius 2 is 1.96 bits per heavy atom. The molecule has 0 aromatic heterocycles. The van der Waals surface area contributed by atoms with E-state index in [0.29, 0.717) is 19.0 Å². The lowest BCUT2D eigenvalue weighted by molar-refractivity contribution is -0.137. The van der Waals surface area contributed by atoms with Gasteiger partial charge in [-0.3, -0.25) is 9.69 Å². The minimum Gasteiger partial charge on any atom is -0.379 e. The number of hydrogen-bond acceptors (Lipinski definition) is 3. The van der Waals surface area contributed by atoms with E-state index in [4.69, 9.17) is 4.74 Å². The van der Waals surface area contributed by atoms with Crippen molar-refractivity contribution in [1.29, 1.82) is 0 Å². The number of amides is 1. The highest BCUT2D eigenvalue weighted by Gasteiger charge is 2.63. The zero-order valence-corrected chi connectivity index (χ0v) is 16.4. The number of hydrogen-bond donors (Lipinski definition) is 0. The van der Waals surface area contributed by atoms with Crippen LogP contribution in [0.15, 0.2) is 24.3 Å². The van der Waals surface area contributed by atoms with Crippen LogP contribution >= 0.6 is 0 Å². The third kappa shape index (κ3) is 3.43. The molecule has 2 heterocycles. The van der Waals surface area contributed by atoms with E-state index in [1.165, 1.54) is 12.1 Å². The van der Waals surface area contributed by atoms with Crippen LogP contribution in [0.25, 0.3) is 0 Å². The van der Waals surface area contributed by atoms with Crippen LogP contribution < -0.4 is 0 Å². The highest BCUT2D eigenvalue weighted by Crippen LogP contribution is 2.63. The first-order chi connectivity index (χ1) is 13.1. The van der Waals surface area contributed by atoms with Gasteiger partial charge in [0.25, 0.3) is 5.91 Å². The molecule has 1 saturated carbocycles. The van der Waals surface area contributed by atoms with Gasteiger partial charge >= 0.3 is 6.18 Å². The highest BCUT2D eigenvalue weighted by atomic mass is 19.4. The Bertz CT molecular complexity index is 758. The van der Waals surface area contributed by atoms with E-state index in [2.05, 4.69) is 18.7 Å². The number of benzene rings is 1. The standard InChI is InChI=1S/C21H27F3N2O2/c1-19(2)12-20(13-25-6-8-28-9-7-25)14-26(11-17(19)20)18(27)15-4-3-5-16(10-15)21(22,23)24/h3-5,10,17H,6-9,11-14H2,1-2H3/t17-,20+/m1/s1. The summed E-state index contributed by atoms with van der Waals surface area (Å²) in [5, 5.41) is 0. The Kier molecular flexibility index (Phi) is 4.74. The molecular weight excluding hydrogens is 369 g/mol. The molecule has 1 aromatic rings. The summed E-state index contributed by atoms with van der Waals surface area (Å²) in [6, 6.07) is 4.78. The van der Waals surface area contributed by atoms with Crippen molar-refractivity contribution in [2.45, 2.75) is 26.4 Å². The summed E-state index contributed by atoms with van der Waals surface area (Å²) in [6.45, 7) is 9.89. The maximum atomic E-state index is 13.0. The molecule has 28 heavy (non-hydrogen) atoms. The Hall–Kier alpha value is -1.60. The van der Waals surface area contributed by atoms with E-state index in [0.717, 1.165) is 51.4 Å². The van der Waals surface area contributed by atoms with Crippen LogP contribution in [0, 0.1) is 16.7 Å². The summed E-state index contributed by atoms with van der Waals surface area (Å²) >= 11 is 0. The van der Waals surface area contributed by atoms with Crippen molar-refractivity contribution in [3.63, 3.8) is 0 Å². The van der Waals surface area contributed by atoms with Gasteiger partial charge in [-0.1, -0.05) is 19.9 Å². The summed E-state index contributed by atoms with van der Waals surface area (Å²) in [5.74, 6) is 0.0789. The van der Waals surface area contributed by atoms with Gasteiger partial charge < -0.3 is 9.64 Å². The van der Waals surface area contributed by atoms with E-state index in [1.54, 1.807) is 4.90 Å². The molecule has 3 aliphatic rings. The topological polar surface area (TPSA) is 32.8 Å². The van der Waals surface area contributed by atoms with Crippen molar-refractivity contribution in [1.82, 2.24) is 9.80 Å². The van der Waals surface area contributed by atoms with Gasteiger partial charge in [0.15, 0.2) is 0 Å². The molecule has 2 aliphatic heterocycles. The summed E-state index contributed by atoms with van der Waals surface area (Å²) < 4.78 is 44.5. The van der Waals surface area contributed by atoms with E-state index < -0.39 is 11.7 Å². The maximum Gasteiger partial charge on any atom is 0.416 e. The molecule has 2 saturated heterocycles. The second kappa shape index (κ2) is 6.73. The molecule has 154 valence electrons. The number of nitrogens with zero attached hydrogens (tertiary/aromatic N) is 2. The maximum absolute atomic E-state index is 13.0. The number of carbonyl (C=O) groups is 1. The minimum absolute atomic E-state index is 0.0398. The molecule has 0 N–H and O–H groups in total. The number of carbonyl (C=O) groups excluding carboxylic acids is 1. The third-order valence-electron chi connectivity index (χ3n) is 6.77. The molecule has 2 atom stereocenters. The van der Waals surface area contributed by atoms with E-state index >= 15 is 0 Å². The first-order valence-electron chi connectivity index (χ1n) is 9.87. The zero-order chi connectivity index (χ0) is 20.2. The minimum atomic E-state index is -4.44. The van der Waals surface area contributed by atoms with E-state index in [9.17, 15) is 18.0 Å². The Morgan fingerprint density at radius 1 is 1.25 bits per heavy atom. The van der Waals surface area contributed by atoms with E-state index in [-0.39, 0.29) is 22.3 Å². The fourth-order valence-corrected chi connectivity index (χ4v) is 5.71. The first kappa shape index (κ1) is 19.7. The molecule has 0 radical (unpaired) electrons. The number of halogens is 3. The van der Waals surface area contributed by atoms with Crippen LogP contribution in [0.5, 0.6) is 0 Å². The van der Waals surface area contributed by atoms with Crippen molar-refractivity contribution in [2.75, 3.05) is 45.9 Å². The molecule has 7 heteroatoms. The van der Waals surface area contributed by atoms with Crippen molar-refractivity contribution in [2.24, 2.45) is 16.7 Å². The second-order valence-electron chi connectivity index (χ2n) is 9.23.